The molecule has 0 aliphatic heterocycles. The first-order valence-corrected chi connectivity index (χ1v) is 0. The van der Waals surface area contributed by atoms with Crippen molar-refractivity contribution in [3.8, 4) is 0 Å². The molecule has 0 heterocycles. The van der Waals surface area contributed by atoms with Gasteiger partial charge in [0.1, 0.15) is 0 Å². The van der Waals surface area contributed by atoms with E-state index in [1.165, 1.54) is 0 Å². The van der Waals surface area contributed by atoms with Crippen LogP contribution in [0.15, 0.2) is 0 Å². The summed E-state index contributed by atoms with van der Waals surface area (Å²) < 4.78 is 0. The number of hydrogen-bond acceptors (Lipinski definition) is 0. The summed E-state index contributed by atoms with van der Waals surface area (Å²) in [5.74, 6) is 0. The molecular formula is Cl3KMn. The van der Waals surface area contributed by atoms with Crippen LogP contribution in [0.4, 0.5) is 0 Å². The second kappa shape index (κ2) is 27.9. The minimum absolute atomic E-state index is 0. The normalized spacial score (nSPS) is 0. The van der Waals surface area contributed by atoms with Gasteiger partial charge >= 0.3 is 68.5 Å². The molecule has 0 spiro atoms. The molecule has 0 aliphatic rings. The minimum Gasteiger partial charge on any atom is -1.00 e. The monoisotopic (exact) mass is 199 g/mol. The van der Waals surface area contributed by atoms with Crippen molar-refractivity contribution in [2.45, 2.75) is 0 Å². The Morgan fingerprint density at radius 2 is 0.600 bits per heavy atom. The van der Waals surface area contributed by atoms with E-state index in [-0.39, 0.29) is 106 Å². The van der Waals surface area contributed by atoms with Gasteiger partial charge in [-0.2, -0.15) is 0 Å². The van der Waals surface area contributed by atoms with E-state index in [2.05, 4.69) is 0 Å². The van der Waals surface area contributed by atoms with Crippen molar-refractivity contribution in [1.29, 1.82) is 0 Å². The molecule has 0 bridgehead atoms. The van der Waals surface area contributed by atoms with Crippen LogP contribution in [0.1, 0.15) is 0 Å². The maximum atomic E-state index is 0. The fraction of sp³-hybridized carbons (Fsp3) is 0. The number of rotatable bonds is 0. The number of hydrogen-bond donors (Lipinski definition) is 0. The molecule has 0 aromatic carbocycles. The minimum atomic E-state index is 0. The summed E-state index contributed by atoms with van der Waals surface area (Å²) in [6, 6.07) is 0. The Labute approximate surface area is 103 Å². The number of halogens is 3. The van der Waals surface area contributed by atoms with Gasteiger partial charge in [-0.15, -0.1) is 0 Å². The Morgan fingerprint density at radius 1 is 0.600 bits per heavy atom. The summed E-state index contributed by atoms with van der Waals surface area (Å²) in [5, 5.41) is 0. The van der Waals surface area contributed by atoms with E-state index >= 15 is 0 Å². The third-order valence-corrected chi connectivity index (χ3v) is 0. The summed E-state index contributed by atoms with van der Waals surface area (Å²) in [6.45, 7) is 0. The molecule has 0 aromatic rings. The zero-order chi connectivity index (χ0) is 0. The van der Waals surface area contributed by atoms with Crippen molar-refractivity contribution in [1.82, 2.24) is 0 Å². The molecule has 0 N–H and O–H groups in total. The fourth-order valence-electron chi connectivity index (χ4n) is 0. The van der Waals surface area contributed by atoms with Gasteiger partial charge < -0.3 is 37.2 Å². The summed E-state index contributed by atoms with van der Waals surface area (Å²) in [7, 11) is 0. The van der Waals surface area contributed by atoms with Gasteiger partial charge in [0.25, 0.3) is 0 Å². The smallest absolute Gasteiger partial charge is 1.00 e. The van der Waals surface area contributed by atoms with Crippen molar-refractivity contribution in [3.63, 3.8) is 0 Å². The molecule has 1 radical (unpaired) electrons. The molecule has 0 saturated heterocycles. The third-order valence-electron chi connectivity index (χ3n) is 0. The van der Waals surface area contributed by atoms with E-state index in [1.807, 2.05) is 0 Å². The van der Waals surface area contributed by atoms with Gasteiger partial charge in [-0.05, 0) is 0 Å². The van der Waals surface area contributed by atoms with Crippen LogP contribution in [0, 0.1) is 0 Å². The first-order valence-electron chi connectivity index (χ1n) is 0. The zero-order valence-corrected chi connectivity index (χ0v) is 9.08. The van der Waals surface area contributed by atoms with Gasteiger partial charge in [-0.1, -0.05) is 0 Å². The van der Waals surface area contributed by atoms with Crippen molar-refractivity contribution < 1.29 is 106 Å². The Morgan fingerprint density at radius 3 is 0.600 bits per heavy atom. The van der Waals surface area contributed by atoms with Gasteiger partial charge in [0, 0.05) is 0 Å². The third kappa shape index (κ3) is 19.4. The largest absolute Gasteiger partial charge is 2.00 e. The summed E-state index contributed by atoms with van der Waals surface area (Å²) in [6.07, 6.45) is 0. The molecule has 0 amide bonds. The van der Waals surface area contributed by atoms with Gasteiger partial charge in [-0.3, -0.25) is 0 Å². The Balaban J connectivity index is 0. The van der Waals surface area contributed by atoms with Crippen molar-refractivity contribution in [2.24, 2.45) is 0 Å². The van der Waals surface area contributed by atoms with Gasteiger partial charge in [0.05, 0.1) is 0 Å². The topological polar surface area (TPSA) is 0 Å². The van der Waals surface area contributed by atoms with Crippen molar-refractivity contribution >= 4 is 0 Å². The van der Waals surface area contributed by atoms with E-state index < -0.39 is 0 Å². The molecule has 0 fully saturated rings. The first-order chi connectivity index (χ1) is 0. The average Bonchev–Trinajstić information content (AvgIpc) is 0. The van der Waals surface area contributed by atoms with E-state index in [4.69, 9.17) is 0 Å². The maximum Gasteiger partial charge on any atom is 2.00 e. The van der Waals surface area contributed by atoms with E-state index in [0.29, 0.717) is 0 Å². The van der Waals surface area contributed by atoms with Crippen LogP contribution in [0.25, 0.3) is 0 Å². The summed E-state index contributed by atoms with van der Waals surface area (Å²) in [4.78, 5) is 0. The molecule has 0 unspecified atom stereocenters. The molecule has 5 heteroatoms. The van der Waals surface area contributed by atoms with Gasteiger partial charge in [-0.25, -0.2) is 0 Å². The van der Waals surface area contributed by atoms with E-state index in [1.54, 1.807) is 0 Å². The molecule has 0 atom stereocenters. The SMILES string of the molecule is [Cl-].[Cl-].[Cl-].[K+].[Mn+2]. The zero-order valence-electron chi connectivity index (χ0n) is 2.51. The average molecular weight is 200 g/mol. The van der Waals surface area contributed by atoms with Crippen LogP contribution in [0.3, 0.4) is 0 Å². The van der Waals surface area contributed by atoms with Crippen LogP contribution in [0.5, 0.6) is 0 Å². The second-order valence-electron chi connectivity index (χ2n) is 0. The molecule has 0 rings (SSSR count). The predicted octanol–water partition coefficient (Wildman–Crippen LogP) is -12.0. The standard InChI is InChI=1S/3ClH.K.Mn/h3*1H;;/q;;;+1;+2/p-3. The first kappa shape index (κ1) is 43.3. The van der Waals surface area contributed by atoms with Crippen molar-refractivity contribution in [3.05, 3.63) is 0 Å². The quantitative estimate of drug-likeness (QED) is 0.341. The Kier molecular flexibility index (Phi) is 241. The molecule has 5 heavy (non-hydrogen) atoms. The van der Waals surface area contributed by atoms with Crippen LogP contribution in [-0.2, 0) is 17.1 Å². The molecule has 0 nitrogen and oxygen atoms in total. The van der Waals surface area contributed by atoms with E-state index in [9.17, 15) is 0 Å². The van der Waals surface area contributed by atoms with Gasteiger partial charge in [0.15, 0.2) is 0 Å². The molecule has 0 aliphatic carbocycles. The summed E-state index contributed by atoms with van der Waals surface area (Å²) in [5.41, 5.74) is 0. The predicted molar refractivity (Wildman–Crippen MR) is 0 cm³/mol. The van der Waals surface area contributed by atoms with Crippen LogP contribution < -0.4 is 88.6 Å². The molecule has 0 aromatic heterocycles. The molecular weight excluding hydrogens is 200 g/mol. The molecule has 0 saturated carbocycles. The van der Waals surface area contributed by atoms with Crippen LogP contribution in [-0.4, -0.2) is 0 Å². The fourth-order valence-corrected chi connectivity index (χ4v) is 0. The van der Waals surface area contributed by atoms with E-state index in [0.717, 1.165) is 0 Å². The second-order valence-corrected chi connectivity index (χ2v) is 0. The summed E-state index contributed by atoms with van der Waals surface area (Å²) >= 11 is 0. The van der Waals surface area contributed by atoms with Gasteiger partial charge in [0.2, 0.25) is 0 Å². The van der Waals surface area contributed by atoms with Crippen molar-refractivity contribution in [2.75, 3.05) is 0 Å². The molecule has 29 valence electrons. The maximum absolute atomic E-state index is 0. The van der Waals surface area contributed by atoms with Crippen LogP contribution in [0.2, 0.25) is 0 Å². The Hall–Kier alpha value is 3.03. The van der Waals surface area contributed by atoms with Crippen LogP contribution >= 0.6 is 0 Å². The Bertz CT molecular complexity index is 6.85.